The summed E-state index contributed by atoms with van der Waals surface area (Å²) >= 11 is 0. The molecule has 0 radical (unpaired) electrons. The third-order valence-corrected chi connectivity index (χ3v) is 5.10. The van der Waals surface area contributed by atoms with Crippen LogP contribution in [0.1, 0.15) is 29.2 Å². The van der Waals surface area contributed by atoms with Gasteiger partial charge in [-0.2, -0.15) is 0 Å². The Morgan fingerprint density at radius 3 is 2.52 bits per heavy atom. The molecule has 0 unspecified atom stereocenters. The van der Waals surface area contributed by atoms with E-state index in [-0.39, 0.29) is 5.91 Å². The maximum absolute atomic E-state index is 11.6. The third kappa shape index (κ3) is 2.23. The van der Waals surface area contributed by atoms with E-state index in [2.05, 4.69) is 53.1 Å². The van der Waals surface area contributed by atoms with Crippen molar-refractivity contribution < 1.29 is 4.79 Å². The van der Waals surface area contributed by atoms with Gasteiger partial charge in [-0.15, -0.1) is 0 Å². The lowest BCUT2D eigenvalue weighted by Gasteiger charge is -2.12. The van der Waals surface area contributed by atoms with Gasteiger partial charge < -0.3 is 10.3 Å². The molecule has 0 bridgehead atoms. The molecule has 5 rings (SSSR count). The van der Waals surface area contributed by atoms with Gasteiger partial charge in [0.25, 0.3) is 0 Å². The molecule has 1 aliphatic carbocycles. The standard InChI is InChI=1S/C22H18N2O/c23-22(25)16-9-8-15-12-21(24(17-10-11-17)20(15)13-16)19-7-3-5-14-4-1-2-6-18(14)19/h1-9,12-13,17H,10-11H2,(H2,23,25). The van der Waals surface area contributed by atoms with Crippen molar-refractivity contribution in [1.29, 1.82) is 0 Å². The van der Waals surface area contributed by atoms with Crippen LogP contribution in [0.4, 0.5) is 0 Å². The fourth-order valence-corrected chi connectivity index (χ4v) is 3.76. The zero-order valence-corrected chi connectivity index (χ0v) is 13.8. The Morgan fingerprint density at radius 1 is 0.920 bits per heavy atom. The SMILES string of the molecule is NC(=O)c1ccc2cc(-c3cccc4ccccc34)n(C3CC3)c2c1. The van der Waals surface area contributed by atoms with Gasteiger partial charge in [0.05, 0.1) is 0 Å². The van der Waals surface area contributed by atoms with E-state index >= 15 is 0 Å². The Hall–Kier alpha value is -3.07. The third-order valence-electron chi connectivity index (χ3n) is 5.10. The van der Waals surface area contributed by atoms with Crippen molar-refractivity contribution >= 4 is 27.6 Å². The fourth-order valence-electron chi connectivity index (χ4n) is 3.76. The van der Waals surface area contributed by atoms with Crippen molar-refractivity contribution in [2.45, 2.75) is 18.9 Å². The highest BCUT2D eigenvalue weighted by atomic mass is 16.1. The molecule has 1 heterocycles. The second-order valence-electron chi connectivity index (χ2n) is 6.80. The van der Waals surface area contributed by atoms with Crippen LogP contribution < -0.4 is 5.73 Å². The van der Waals surface area contributed by atoms with Crippen LogP contribution in [-0.4, -0.2) is 10.5 Å². The molecule has 1 fully saturated rings. The summed E-state index contributed by atoms with van der Waals surface area (Å²) in [6.45, 7) is 0. The molecule has 3 aromatic carbocycles. The van der Waals surface area contributed by atoms with E-state index < -0.39 is 0 Å². The number of carbonyl (C=O) groups excluding carboxylic acids is 1. The van der Waals surface area contributed by atoms with Crippen molar-refractivity contribution in [3.8, 4) is 11.3 Å². The monoisotopic (exact) mass is 326 g/mol. The zero-order chi connectivity index (χ0) is 17.0. The van der Waals surface area contributed by atoms with Crippen molar-refractivity contribution in [2.75, 3.05) is 0 Å². The van der Waals surface area contributed by atoms with Crippen LogP contribution in [0, 0.1) is 0 Å². The largest absolute Gasteiger partial charge is 0.366 e. The Balaban J connectivity index is 1.84. The second kappa shape index (κ2) is 5.21. The Morgan fingerprint density at radius 2 is 1.72 bits per heavy atom. The number of benzene rings is 3. The number of fused-ring (bicyclic) bond motifs is 2. The highest BCUT2D eigenvalue weighted by Gasteiger charge is 2.28. The molecule has 1 aromatic heterocycles. The Bertz CT molecular complexity index is 1130. The van der Waals surface area contributed by atoms with E-state index in [1.807, 2.05) is 18.2 Å². The van der Waals surface area contributed by atoms with Crippen LogP contribution in [0.15, 0.2) is 66.7 Å². The van der Waals surface area contributed by atoms with Crippen LogP contribution in [-0.2, 0) is 0 Å². The van der Waals surface area contributed by atoms with Gasteiger partial charge in [0.15, 0.2) is 0 Å². The average Bonchev–Trinajstić information content (AvgIpc) is 3.40. The highest BCUT2D eigenvalue weighted by molar-refractivity contribution is 6.01. The smallest absolute Gasteiger partial charge is 0.248 e. The molecule has 4 aromatic rings. The fraction of sp³-hybridized carbons (Fsp3) is 0.136. The highest BCUT2D eigenvalue weighted by Crippen LogP contribution is 2.44. The van der Waals surface area contributed by atoms with Gasteiger partial charge in [-0.05, 0) is 41.8 Å². The maximum Gasteiger partial charge on any atom is 0.248 e. The molecule has 0 saturated heterocycles. The first-order chi connectivity index (χ1) is 12.2. The van der Waals surface area contributed by atoms with E-state index in [4.69, 9.17) is 5.73 Å². The summed E-state index contributed by atoms with van der Waals surface area (Å²) < 4.78 is 2.39. The van der Waals surface area contributed by atoms with Crippen LogP contribution in [0.25, 0.3) is 32.9 Å². The molecule has 1 aliphatic rings. The van der Waals surface area contributed by atoms with Gasteiger partial charge in [-0.1, -0.05) is 48.5 Å². The summed E-state index contributed by atoms with van der Waals surface area (Å²) in [5.74, 6) is -0.378. The van der Waals surface area contributed by atoms with Crippen molar-refractivity contribution in [3.63, 3.8) is 0 Å². The van der Waals surface area contributed by atoms with Gasteiger partial charge in [-0.3, -0.25) is 4.79 Å². The number of rotatable bonds is 3. The minimum atomic E-state index is -0.378. The first-order valence-electron chi connectivity index (χ1n) is 8.65. The van der Waals surface area contributed by atoms with Crippen LogP contribution in [0.2, 0.25) is 0 Å². The van der Waals surface area contributed by atoms with Gasteiger partial charge >= 0.3 is 0 Å². The zero-order valence-electron chi connectivity index (χ0n) is 13.8. The van der Waals surface area contributed by atoms with E-state index in [9.17, 15) is 4.79 Å². The molecule has 0 atom stereocenters. The summed E-state index contributed by atoms with van der Waals surface area (Å²) in [4.78, 5) is 11.6. The van der Waals surface area contributed by atoms with Gasteiger partial charge in [0.2, 0.25) is 5.91 Å². The molecule has 25 heavy (non-hydrogen) atoms. The average molecular weight is 326 g/mol. The van der Waals surface area contributed by atoms with Crippen LogP contribution in [0.5, 0.6) is 0 Å². The topological polar surface area (TPSA) is 48.0 Å². The van der Waals surface area contributed by atoms with E-state index in [0.717, 1.165) is 10.9 Å². The molecule has 0 spiro atoms. The van der Waals surface area contributed by atoms with Crippen molar-refractivity contribution in [2.24, 2.45) is 5.73 Å². The molecule has 1 amide bonds. The number of hydrogen-bond acceptors (Lipinski definition) is 1. The van der Waals surface area contributed by atoms with Gasteiger partial charge in [-0.25, -0.2) is 0 Å². The summed E-state index contributed by atoms with van der Waals surface area (Å²) in [6.07, 6.45) is 2.37. The maximum atomic E-state index is 11.6. The lowest BCUT2D eigenvalue weighted by molar-refractivity contribution is 0.100. The summed E-state index contributed by atoms with van der Waals surface area (Å²) in [6, 6.07) is 23.4. The minimum Gasteiger partial charge on any atom is -0.366 e. The molecule has 3 nitrogen and oxygen atoms in total. The predicted molar refractivity (Wildman–Crippen MR) is 102 cm³/mol. The van der Waals surface area contributed by atoms with Crippen molar-refractivity contribution in [3.05, 3.63) is 72.3 Å². The molecule has 2 N–H and O–H groups in total. The summed E-state index contributed by atoms with van der Waals surface area (Å²) in [7, 11) is 0. The molecule has 1 saturated carbocycles. The number of carbonyl (C=O) groups is 1. The number of amides is 1. The van der Waals surface area contributed by atoms with Crippen molar-refractivity contribution in [1.82, 2.24) is 4.57 Å². The second-order valence-corrected chi connectivity index (χ2v) is 6.80. The lowest BCUT2D eigenvalue weighted by atomic mass is 10.0. The Kier molecular flexibility index (Phi) is 2.98. The first kappa shape index (κ1) is 14.3. The minimum absolute atomic E-state index is 0.378. The van der Waals surface area contributed by atoms with E-state index in [1.54, 1.807) is 0 Å². The predicted octanol–water partition coefficient (Wildman–Crippen LogP) is 4.90. The molecule has 3 heteroatoms. The van der Waals surface area contributed by atoms with E-state index in [0.29, 0.717) is 11.6 Å². The van der Waals surface area contributed by atoms with Gasteiger partial charge in [0.1, 0.15) is 0 Å². The molecule has 122 valence electrons. The molecular formula is C22H18N2O. The summed E-state index contributed by atoms with van der Waals surface area (Å²) in [5, 5.41) is 3.65. The number of primary amides is 1. The molecular weight excluding hydrogens is 308 g/mol. The normalized spacial score (nSPS) is 14.2. The number of hydrogen-bond donors (Lipinski definition) is 1. The Labute approximate surface area is 145 Å². The van der Waals surface area contributed by atoms with Gasteiger partial charge in [0, 0.05) is 33.8 Å². The quantitative estimate of drug-likeness (QED) is 0.572. The first-order valence-corrected chi connectivity index (χ1v) is 8.65. The number of aromatic nitrogens is 1. The number of nitrogens with zero attached hydrogens (tertiary/aromatic N) is 1. The van der Waals surface area contributed by atoms with Crippen LogP contribution in [0.3, 0.4) is 0 Å². The summed E-state index contributed by atoms with van der Waals surface area (Å²) in [5.41, 5.74) is 9.61. The lowest BCUT2D eigenvalue weighted by Crippen LogP contribution is -2.10. The van der Waals surface area contributed by atoms with Crippen LogP contribution >= 0.6 is 0 Å². The van der Waals surface area contributed by atoms with E-state index in [1.165, 1.54) is 34.9 Å². The number of nitrogens with two attached hydrogens (primary N) is 1. The molecule has 0 aliphatic heterocycles.